The van der Waals surface area contributed by atoms with Gasteiger partial charge in [0.1, 0.15) is 11.3 Å². The predicted octanol–water partition coefficient (Wildman–Crippen LogP) is 3.30. The van der Waals surface area contributed by atoms with Crippen molar-refractivity contribution in [3.05, 3.63) is 62.3 Å². The SMILES string of the molecule is Cc1cc(C)c2c(CNC(=O)CCc3cc(Cl)no3)cc(=O)oc2c1. The van der Waals surface area contributed by atoms with Gasteiger partial charge in [0.25, 0.3) is 0 Å². The Morgan fingerprint density at radius 2 is 2.04 bits per heavy atom. The first-order valence-electron chi connectivity index (χ1n) is 7.84. The number of rotatable bonds is 5. The number of aromatic nitrogens is 1. The molecule has 0 fully saturated rings. The van der Waals surface area contributed by atoms with Crippen LogP contribution in [0.5, 0.6) is 0 Å². The molecule has 0 saturated heterocycles. The Balaban J connectivity index is 1.72. The number of nitrogens with one attached hydrogen (secondary N) is 1. The third kappa shape index (κ3) is 4.09. The fraction of sp³-hybridized carbons (Fsp3) is 0.278. The van der Waals surface area contributed by atoms with Crippen molar-refractivity contribution in [3.63, 3.8) is 0 Å². The highest BCUT2D eigenvalue weighted by Gasteiger charge is 2.11. The van der Waals surface area contributed by atoms with Crippen molar-refractivity contribution >= 4 is 28.5 Å². The van der Waals surface area contributed by atoms with Gasteiger partial charge in [0.05, 0.1) is 0 Å². The number of benzene rings is 1. The van der Waals surface area contributed by atoms with Gasteiger partial charge < -0.3 is 14.3 Å². The van der Waals surface area contributed by atoms with E-state index in [-0.39, 0.29) is 24.0 Å². The zero-order valence-electron chi connectivity index (χ0n) is 13.9. The van der Waals surface area contributed by atoms with Gasteiger partial charge in [-0.3, -0.25) is 4.79 Å². The Bertz CT molecular complexity index is 990. The van der Waals surface area contributed by atoms with Gasteiger partial charge in [-0.05, 0) is 36.6 Å². The van der Waals surface area contributed by atoms with E-state index in [1.807, 2.05) is 26.0 Å². The summed E-state index contributed by atoms with van der Waals surface area (Å²) in [4.78, 5) is 23.8. The predicted molar refractivity (Wildman–Crippen MR) is 93.6 cm³/mol. The highest BCUT2D eigenvalue weighted by Crippen LogP contribution is 2.23. The van der Waals surface area contributed by atoms with E-state index < -0.39 is 5.63 Å². The standard InChI is InChI=1S/C18H17ClN2O4/c1-10-5-11(2)18-12(7-17(23)24-14(18)6-10)9-20-16(22)4-3-13-8-15(19)21-25-13/h5-8H,3-4,9H2,1-2H3,(H,20,22). The maximum Gasteiger partial charge on any atom is 0.336 e. The fourth-order valence-corrected chi connectivity index (χ4v) is 2.99. The Morgan fingerprint density at radius 1 is 1.24 bits per heavy atom. The van der Waals surface area contributed by atoms with Crippen LogP contribution in [0, 0.1) is 13.8 Å². The van der Waals surface area contributed by atoms with E-state index in [4.69, 9.17) is 20.5 Å². The molecule has 2 aromatic heterocycles. The number of nitrogens with zero attached hydrogens (tertiary/aromatic N) is 1. The largest absolute Gasteiger partial charge is 0.423 e. The molecule has 1 aromatic carbocycles. The van der Waals surface area contributed by atoms with Crippen LogP contribution in [0.25, 0.3) is 11.0 Å². The van der Waals surface area contributed by atoms with Crippen molar-refractivity contribution in [1.82, 2.24) is 10.5 Å². The van der Waals surface area contributed by atoms with E-state index in [1.54, 1.807) is 6.07 Å². The number of hydrogen-bond acceptors (Lipinski definition) is 5. The molecule has 3 aromatic rings. The van der Waals surface area contributed by atoms with Crippen LogP contribution in [0.1, 0.15) is 28.9 Å². The molecule has 7 heteroatoms. The lowest BCUT2D eigenvalue weighted by Crippen LogP contribution is -2.23. The van der Waals surface area contributed by atoms with Crippen molar-refractivity contribution in [3.8, 4) is 0 Å². The van der Waals surface area contributed by atoms with Gasteiger partial charge in [-0.1, -0.05) is 22.8 Å². The lowest BCUT2D eigenvalue weighted by atomic mass is 10.0. The molecular weight excluding hydrogens is 344 g/mol. The summed E-state index contributed by atoms with van der Waals surface area (Å²) in [7, 11) is 0. The summed E-state index contributed by atoms with van der Waals surface area (Å²) >= 11 is 5.67. The molecule has 25 heavy (non-hydrogen) atoms. The molecule has 0 bridgehead atoms. The molecule has 3 rings (SSSR count). The van der Waals surface area contributed by atoms with Crippen LogP contribution >= 0.6 is 11.6 Å². The third-order valence-corrected chi connectivity index (χ3v) is 4.05. The highest BCUT2D eigenvalue weighted by atomic mass is 35.5. The molecule has 0 aliphatic heterocycles. The minimum Gasteiger partial charge on any atom is -0.423 e. The van der Waals surface area contributed by atoms with Crippen LogP contribution in [0.3, 0.4) is 0 Å². The zero-order valence-corrected chi connectivity index (χ0v) is 14.6. The zero-order chi connectivity index (χ0) is 18.0. The van der Waals surface area contributed by atoms with Crippen LogP contribution < -0.4 is 10.9 Å². The quantitative estimate of drug-likeness (QED) is 0.705. The molecule has 6 nitrogen and oxygen atoms in total. The molecule has 0 aliphatic rings. The first-order chi connectivity index (χ1) is 11.9. The van der Waals surface area contributed by atoms with E-state index in [0.717, 1.165) is 22.1 Å². The molecule has 2 heterocycles. The average molecular weight is 361 g/mol. The second-order valence-electron chi connectivity index (χ2n) is 5.94. The van der Waals surface area contributed by atoms with E-state index in [2.05, 4.69) is 10.5 Å². The number of halogens is 1. The fourth-order valence-electron chi connectivity index (χ4n) is 2.84. The van der Waals surface area contributed by atoms with Crippen molar-refractivity contribution in [2.75, 3.05) is 0 Å². The Kier molecular flexibility index (Phi) is 4.90. The highest BCUT2D eigenvalue weighted by molar-refractivity contribution is 6.29. The first-order valence-corrected chi connectivity index (χ1v) is 8.22. The summed E-state index contributed by atoms with van der Waals surface area (Å²) in [5, 5.41) is 7.51. The molecule has 0 spiro atoms. The number of carbonyl (C=O) groups excluding carboxylic acids is 1. The molecule has 0 radical (unpaired) electrons. The summed E-state index contributed by atoms with van der Waals surface area (Å²) in [5.41, 5.74) is 2.85. The molecule has 0 saturated carbocycles. The van der Waals surface area contributed by atoms with Crippen LogP contribution in [0.4, 0.5) is 0 Å². The van der Waals surface area contributed by atoms with Gasteiger partial charge >= 0.3 is 5.63 Å². The number of aryl methyl sites for hydroxylation is 3. The third-order valence-electron chi connectivity index (χ3n) is 3.87. The van der Waals surface area contributed by atoms with E-state index >= 15 is 0 Å². The molecule has 130 valence electrons. The van der Waals surface area contributed by atoms with E-state index in [9.17, 15) is 9.59 Å². The minimum absolute atomic E-state index is 0.154. The summed E-state index contributed by atoms with van der Waals surface area (Å²) in [6.45, 7) is 4.15. The van der Waals surface area contributed by atoms with Crippen molar-refractivity contribution in [1.29, 1.82) is 0 Å². The summed E-state index contributed by atoms with van der Waals surface area (Å²) in [6.07, 6.45) is 0.643. The van der Waals surface area contributed by atoms with Crippen molar-refractivity contribution < 1.29 is 13.7 Å². The van der Waals surface area contributed by atoms with Crippen LogP contribution in [-0.4, -0.2) is 11.1 Å². The Hall–Kier alpha value is -2.60. The second kappa shape index (κ2) is 7.11. The smallest absolute Gasteiger partial charge is 0.336 e. The first kappa shape index (κ1) is 17.2. The van der Waals surface area contributed by atoms with Gasteiger partial charge in [0, 0.05) is 36.9 Å². The van der Waals surface area contributed by atoms with Gasteiger partial charge in [0.2, 0.25) is 5.91 Å². The van der Waals surface area contributed by atoms with Gasteiger partial charge in [-0.2, -0.15) is 0 Å². The van der Waals surface area contributed by atoms with Crippen molar-refractivity contribution in [2.24, 2.45) is 0 Å². The second-order valence-corrected chi connectivity index (χ2v) is 6.33. The maximum absolute atomic E-state index is 12.0. The van der Waals surface area contributed by atoms with Gasteiger partial charge in [-0.15, -0.1) is 0 Å². The van der Waals surface area contributed by atoms with Crippen LogP contribution in [-0.2, 0) is 17.8 Å². The average Bonchev–Trinajstić information content (AvgIpc) is 2.95. The number of carbonyl (C=O) groups is 1. The van der Waals surface area contributed by atoms with Gasteiger partial charge in [-0.25, -0.2) is 4.79 Å². The summed E-state index contributed by atoms with van der Waals surface area (Å²) in [6, 6.07) is 6.83. The minimum atomic E-state index is -0.432. The Morgan fingerprint density at radius 3 is 2.76 bits per heavy atom. The number of fused-ring (bicyclic) bond motifs is 1. The number of hydrogen-bond donors (Lipinski definition) is 1. The van der Waals surface area contributed by atoms with Crippen molar-refractivity contribution in [2.45, 2.75) is 33.2 Å². The topological polar surface area (TPSA) is 85.3 Å². The molecule has 0 unspecified atom stereocenters. The normalized spacial score (nSPS) is 11.0. The monoisotopic (exact) mass is 360 g/mol. The molecule has 1 amide bonds. The van der Waals surface area contributed by atoms with E-state index in [1.165, 1.54) is 6.07 Å². The Labute approximate surface area is 148 Å². The lowest BCUT2D eigenvalue weighted by molar-refractivity contribution is -0.121. The molecule has 1 N–H and O–H groups in total. The van der Waals surface area contributed by atoms with Crippen LogP contribution in [0.15, 0.2) is 38.0 Å². The molecular formula is C18H17ClN2O4. The summed E-state index contributed by atoms with van der Waals surface area (Å²) in [5.74, 6) is 0.399. The summed E-state index contributed by atoms with van der Waals surface area (Å²) < 4.78 is 10.2. The molecule has 0 aliphatic carbocycles. The maximum atomic E-state index is 12.0. The van der Waals surface area contributed by atoms with Gasteiger partial charge in [0.15, 0.2) is 5.15 Å². The van der Waals surface area contributed by atoms with E-state index in [0.29, 0.717) is 17.8 Å². The van der Waals surface area contributed by atoms with Crippen LogP contribution in [0.2, 0.25) is 5.15 Å². The lowest BCUT2D eigenvalue weighted by Gasteiger charge is -2.10. The number of amides is 1. The molecule has 0 atom stereocenters.